The van der Waals surface area contributed by atoms with Crippen molar-refractivity contribution in [2.45, 2.75) is 90.4 Å². The van der Waals surface area contributed by atoms with Crippen LogP contribution in [0, 0.1) is 0 Å². The number of hydrogen-bond acceptors (Lipinski definition) is 5. The van der Waals surface area contributed by atoms with Crippen LogP contribution >= 0.6 is 0 Å². The molecule has 3 rings (SSSR count). The summed E-state index contributed by atoms with van der Waals surface area (Å²) in [5.74, 6) is -0.808. The second-order valence-electron chi connectivity index (χ2n) is 11.6. The molecule has 2 aromatic rings. The number of nitrogens with zero attached hydrogens (tertiary/aromatic N) is 1. The van der Waals surface area contributed by atoms with Crippen molar-refractivity contribution < 1.29 is 19.2 Å². The van der Waals surface area contributed by atoms with Crippen LogP contribution in [0.5, 0.6) is 0 Å². The number of oxime groups is 1. The fourth-order valence-electron chi connectivity index (χ4n) is 4.94. The minimum absolute atomic E-state index is 0.00137. The predicted octanol–water partition coefficient (Wildman–Crippen LogP) is 7.71. The summed E-state index contributed by atoms with van der Waals surface area (Å²) < 4.78 is 5.08. The number of anilines is 1. The van der Waals surface area contributed by atoms with Gasteiger partial charge in [0.05, 0.1) is 5.56 Å². The molecule has 0 heterocycles. The average Bonchev–Trinajstić information content (AvgIpc) is 2.91. The summed E-state index contributed by atoms with van der Waals surface area (Å²) in [5.41, 5.74) is 4.55. The third-order valence-corrected chi connectivity index (χ3v) is 7.55. The van der Waals surface area contributed by atoms with Crippen molar-refractivity contribution in [3.05, 3.63) is 77.4 Å². The first kappa shape index (κ1) is 30.1. The molecule has 6 nitrogen and oxygen atoms in total. The number of nitrogens with one attached hydrogen (secondary N) is 1. The largest absolute Gasteiger partial charge is 0.458 e. The van der Waals surface area contributed by atoms with Gasteiger partial charge in [-0.25, -0.2) is 4.79 Å². The molecule has 0 aliphatic heterocycles. The van der Waals surface area contributed by atoms with Crippen LogP contribution in [0.25, 0.3) is 0 Å². The lowest BCUT2D eigenvalue weighted by Gasteiger charge is -2.42. The summed E-state index contributed by atoms with van der Waals surface area (Å²) in [6.45, 7) is 15.4. The lowest BCUT2D eigenvalue weighted by Crippen LogP contribution is -2.34. The molecule has 1 aliphatic carbocycles. The molecule has 0 atom stereocenters. The molecule has 0 spiro atoms. The van der Waals surface area contributed by atoms with Gasteiger partial charge in [-0.1, -0.05) is 83.8 Å². The molecule has 0 radical (unpaired) electrons. The van der Waals surface area contributed by atoms with E-state index in [4.69, 9.17) is 9.57 Å². The minimum atomic E-state index is -0.443. The van der Waals surface area contributed by atoms with Gasteiger partial charge in [0.2, 0.25) is 0 Å². The van der Waals surface area contributed by atoms with Gasteiger partial charge in [-0.2, -0.15) is 0 Å². The summed E-state index contributed by atoms with van der Waals surface area (Å²) in [6, 6.07) is 12.8. The number of benzene rings is 2. The van der Waals surface area contributed by atoms with E-state index in [1.54, 1.807) is 24.3 Å². The Balaban J connectivity index is 1.84. The highest BCUT2D eigenvalue weighted by atomic mass is 16.6. The van der Waals surface area contributed by atoms with E-state index < -0.39 is 5.97 Å². The highest BCUT2D eigenvalue weighted by Gasteiger charge is 2.37. The second kappa shape index (κ2) is 13.6. The normalized spacial score (nSPS) is 15.7. The first-order chi connectivity index (χ1) is 18.6. The first-order valence-electron chi connectivity index (χ1n) is 14.1. The Morgan fingerprint density at radius 2 is 1.56 bits per heavy atom. The van der Waals surface area contributed by atoms with Crippen molar-refractivity contribution >= 4 is 23.3 Å². The van der Waals surface area contributed by atoms with E-state index >= 15 is 0 Å². The van der Waals surface area contributed by atoms with Crippen LogP contribution in [0.2, 0.25) is 0 Å². The maximum Gasteiger partial charge on any atom is 0.338 e. The number of hydrogen-bond donors (Lipinski definition) is 1. The van der Waals surface area contributed by atoms with E-state index in [2.05, 4.69) is 63.8 Å². The highest BCUT2D eigenvalue weighted by molar-refractivity contribution is 6.48. The number of unbranched alkanes of at least 4 members (excludes halogenated alkanes) is 4. The van der Waals surface area contributed by atoms with Gasteiger partial charge in [0, 0.05) is 11.3 Å². The fraction of sp³-hybridized carbons (Fsp3) is 0.485. The SMILES string of the molecule is C=CCOC(=O)c1ccc(NC(=O)C(=NOCCCCCCC)c2ccc3c(c2)C(C)(C)CCC3(C)C)cc1. The Kier molecular flexibility index (Phi) is 10.5. The number of esters is 1. The molecule has 0 bridgehead atoms. The van der Waals surface area contributed by atoms with E-state index in [0.29, 0.717) is 17.9 Å². The zero-order valence-corrected chi connectivity index (χ0v) is 24.3. The van der Waals surface area contributed by atoms with Gasteiger partial charge in [-0.05, 0) is 78.0 Å². The highest BCUT2D eigenvalue weighted by Crippen LogP contribution is 2.46. The number of carbonyl (C=O) groups excluding carboxylic acids is 2. The fourth-order valence-corrected chi connectivity index (χ4v) is 4.94. The van der Waals surface area contributed by atoms with Gasteiger partial charge >= 0.3 is 5.97 Å². The summed E-state index contributed by atoms with van der Waals surface area (Å²) >= 11 is 0. The quantitative estimate of drug-likeness (QED) is 0.0942. The van der Waals surface area contributed by atoms with Gasteiger partial charge in [-0.15, -0.1) is 0 Å². The van der Waals surface area contributed by atoms with E-state index in [-0.39, 0.29) is 29.1 Å². The van der Waals surface area contributed by atoms with Gasteiger partial charge in [-0.3, -0.25) is 4.79 Å². The van der Waals surface area contributed by atoms with Crippen LogP contribution in [-0.4, -0.2) is 30.8 Å². The van der Waals surface area contributed by atoms with Gasteiger partial charge in [0.25, 0.3) is 5.91 Å². The molecule has 2 aromatic carbocycles. The third kappa shape index (κ3) is 8.04. The Morgan fingerprint density at radius 3 is 2.23 bits per heavy atom. The number of rotatable bonds is 13. The van der Waals surface area contributed by atoms with Crippen molar-refractivity contribution in [2.75, 3.05) is 18.5 Å². The lowest BCUT2D eigenvalue weighted by atomic mass is 9.63. The summed E-state index contributed by atoms with van der Waals surface area (Å²) in [4.78, 5) is 31.3. The van der Waals surface area contributed by atoms with Crippen molar-refractivity contribution in [2.24, 2.45) is 5.16 Å². The second-order valence-corrected chi connectivity index (χ2v) is 11.6. The number of ether oxygens (including phenoxy) is 1. The zero-order chi connectivity index (χ0) is 28.5. The van der Waals surface area contributed by atoms with Crippen molar-refractivity contribution in [1.82, 2.24) is 0 Å². The molecule has 0 saturated carbocycles. The number of carbonyl (C=O) groups is 2. The van der Waals surface area contributed by atoms with E-state index in [9.17, 15) is 9.59 Å². The topological polar surface area (TPSA) is 77.0 Å². The van der Waals surface area contributed by atoms with Gasteiger partial charge in [0.15, 0.2) is 5.71 Å². The Morgan fingerprint density at radius 1 is 0.923 bits per heavy atom. The monoisotopic (exact) mass is 532 g/mol. The first-order valence-corrected chi connectivity index (χ1v) is 14.1. The molecule has 1 N–H and O–H groups in total. The molecule has 6 heteroatoms. The van der Waals surface area contributed by atoms with Gasteiger partial charge < -0.3 is 14.9 Å². The maximum atomic E-state index is 13.5. The van der Waals surface area contributed by atoms with Crippen molar-refractivity contribution in [1.29, 1.82) is 0 Å². The smallest absolute Gasteiger partial charge is 0.338 e. The molecule has 0 saturated heterocycles. The molecule has 0 unspecified atom stereocenters. The Labute approximate surface area is 233 Å². The van der Waals surface area contributed by atoms with Crippen LogP contribution in [0.1, 0.15) is 107 Å². The van der Waals surface area contributed by atoms with Crippen LogP contribution in [0.15, 0.2) is 60.3 Å². The Hall–Kier alpha value is -3.41. The third-order valence-electron chi connectivity index (χ3n) is 7.55. The zero-order valence-electron chi connectivity index (χ0n) is 24.3. The minimum Gasteiger partial charge on any atom is -0.458 e. The maximum absolute atomic E-state index is 13.5. The summed E-state index contributed by atoms with van der Waals surface area (Å²) in [5, 5.41) is 7.26. The lowest BCUT2D eigenvalue weighted by molar-refractivity contribution is -0.110. The molecule has 0 fully saturated rings. The summed E-state index contributed by atoms with van der Waals surface area (Å²) in [7, 11) is 0. The summed E-state index contributed by atoms with van der Waals surface area (Å²) in [6.07, 6.45) is 9.25. The van der Waals surface area contributed by atoms with E-state index in [1.807, 2.05) is 6.07 Å². The molecule has 0 aromatic heterocycles. The van der Waals surface area contributed by atoms with Gasteiger partial charge in [0.1, 0.15) is 13.2 Å². The average molecular weight is 533 g/mol. The Bertz CT molecular complexity index is 1180. The molecular weight excluding hydrogens is 488 g/mol. The molecule has 39 heavy (non-hydrogen) atoms. The van der Waals surface area contributed by atoms with E-state index in [1.165, 1.54) is 36.5 Å². The van der Waals surface area contributed by atoms with E-state index in [0.717, 1.165) is 31.2 Å². The molecular formula is C33H44N2O4. The molecule has 1 amide bonds. The predicted molar refractivity (Wildman–Crippen MR) is 159 cm³/mol. The standard InChI is InChI=1S/C33H44N2O4/c1-7-9-10-11-12-22-39-35-29(25-15-18-27-28(23-25)33(5,6)20-19-32(27,3)4)30(36)34-26-16-13-24(14-17-26)31(37)38-21-8-2/h8,13-18,23H,2,7,9-12,19-22H2,1,3-6H3,(H,34,36). The van der Waals surface area contributed by atoms with Crippen LogP contribution in [0.3, 0.4) is 0 Å². The number of amides is 1. The molecule has 1 aliphatic rings. The van der Waals surface area contributed by atoms with Crippen LogP contribution < -0.4 is 5.32 Å². The number of fused-ring (bicyclic) bond motifs is 1. The van der Waals surface area contributed by atoms with Crippen molar-refractivity contribution in [3.8, 4) is 0 Å². The molecule has 210 valence electrons. The van der Waals surface area contributed by atoms with Crippen LogP contribution in [0.4, 0.5) is 5.69 Å². The van der Waals surface area contributed by atoms with Crippen LogP contribution in [-0.2, 0) is 25.2 Å². The van der Waals surface area contributed by atoms with Crippen molar-refractivity contribution in [3.63, 3.8) is 0 Å².